The fourth-order valence-corrected chi connectivity index (χ4v) is 2.93. The fourth-order valence-electron chi connectivity index (χ4n) is 2.93. The van der Waals surface area contributed by atoms with Gasteiger partial charge in [0.25, 0.3) is 0 Å². The molecule has 4 atom stereocenters. The van der Waals surface area contributed by atoms with Gasteiger partial charge in [-0.2, -0.15) is 0 Å². The molecule has 116 valence electrons. The maximum Gasteiger partial charge on any atom is 0.381 e. The van der Waals surface area contributed by atoms with Gasteiger partial charge in [-0.05, 0) is 16.8 Å². The van der Waals surface area contributed by atoms with Gasteiger partial charge < -0.3 is 34.0 Å². The third-order valence-corrected chi connectivity index (χ3v) is 3.85. The van der Waals surface area contributed by atoms with Gasteiger partial charge in [0.1, 0.15) is 12.3 Å². The quantitative estimate of drug-likeness (QED) is 0.490. The van der Waals surface area contributed by atoms with Gasteiger partial charge in [-0.15, -0.1) is 0 Å². The van der Waals surface area contributed by atoms with Crippen molar-refractivity contribution in [1.82, 2.24) is 9.55 Å². The number of fused-ring (bicyclic) bond motifs is 2. The largest absolute Gasteiger partial charge is 0.381 e. The number of nitrogens with zero attached hydrogens (tertiary/aromatic N) is 3. The van der Waals surface area contributed by atoms with Crippen LogP contribution in [-0.2, 0) is 14.2 Å². The topological polar surface area (TPSA) is 109 Å². The Hall–Kier alpha value is -1.55. The number of aromatic nitrogens is 2. The van der Waals surface area contributed by atoms with Crippen molar-refractivity contribution in [3.8, 4) is 0 Å². The molecule has 0 amide bonds. The number of ether oxygens (including phenoxy) is 3. The molecule has 2 fully saturated rings. The molecule has 9 nitrogen and oxygen atoms in total. The Labute approximate surface area is 120 Å². The van der Waals surface area contributed by atoms with Crippen LogP contribution in [0.1, 0.15) is 25.2 Å². The average molecular weight is 299 g/mol. The number of hydrogen-bond acceptors (Lipinski definition) is 7. The van der Waals surface area contributed by atoms with Gasteiger partial charge in [0, 0.05) is 20.0 Å². The molecule has 0 radical (unpaired) electrons. The summed E-state index contributed by atoms with van der Waals surface area (Å²) in [4.78, 5) is 14.2. The van der Waals surface area contributed by atoms with Crippen LogP contribution < -0.4 is 0 Å². The van der Waals surface area contributed by atoms with Crippen molar-refractivity contribution in [3.05, 3.63) is 22.1 Å². The Kier molecular flexibility index (Phi) is 3.44. The highest BCUT2D eigenvalue weighted by molar-refractivity contribution is 5.18. The van der Waals surface area contributed by atoms with Crippen LogP contribution in [0.25, 0.3) is 0 Å². The second kappa shape index (κ2) is 5.02. The highest BCUT2D eigenvalue weighted by Gasteiger charge is 2.55. The van der Waals surface area contributed by atoms with E-state index in [9.17, 15) is 15.2 Å². The lowest BCUT2D eigenvalue weighted by Gasteiger charge is -2.39. The molecule has 9 heteroatoms. The Balaban J connectivity index is 1.92. The number of nitro groups is 1. The van der Waals surface area contributed by atoms with E-state index in [-0.39, 0.29) is 24.4 Å². The first-order valence-electron chi connectivity index (χ1n) is 6.78. The van der Waals surface area contributed by atoms with E-state index in [1.54, 1.807) is 18.4 Å². The predicted octanol–water partition coefficient (Wildman–Crippen LogP) is 0.511. The minimum absolute atomic E-state index is 0.227. The molecule has 21 heavy (non-hydrogen) atoms. The third kappa shape index (κ3) is 2.31. The van der Waals surface area contributed by atoms with Crippen molar-refractivity contribution in [2.45, 2.75) is 44.5 Å². The molecule has 2 bridgehead atoms. The Morgan fingerprint density at radius 1 is 1.71 bits per heavy atom. The normalized spacial score (nSPS) is 35.1. The number of aryl methyl sites for hydroxylation is 1. The summed E-state index contributed by atoms with van der Waals surface area (Å²) in [7, 11) is 0. The van der Waals surface area contributed by atoms with E-state index in [0.29, 0.717) is 19.0 Å². The van der Waals surface area contributed by atoms with Gasteiger partial charge in [0.2, 0.25) is 17.9 Å². The monoisotopic (exact) mass is 299 g/mol. The predicted molar refractivity (Wildman–Crippen MR) is 68.5 cm³/mol. The molecule has 3 rings (SSSR count). The number of aliphatic hydroxyl groups is 1. The summed E-state index contributed by atoms with van der Waals surface area (Å²) in [5.74, 6) is -1.30. The maximum atomic E-state index is 10.8. The van der Waals surface area contributed by atoms with E-state index >= 15 is 0 Å². The van der Waals surface area contributed by atoms with Crippen LogP contribution in [0, 0.1) is 17.0 Å². The van der Waals surface area contributed by atoms with Gasteiger partial charge in [0.05, 0.1) is 12.6 Å². The maximum absolute atomic E-state index is 10.8. The first kappa shape index (κ1) is 14.4. The second-order valence-corrected chi connectivity index (χ2v) is 5.20. The molecule has 1 aromatic heterocycles. The van der Waals surface area contributed by atoms with E-state index < -0.39 is 17.0 Å². The highest BCUT2D eigenvalue weighted by atomic mass is 16.8. The van der Waals surface area contributed by atoms with Gasteiger partial charge in [0.15, 0.2) is 0 Å². The van der Waals surface area contributed by atoms with Gasteiger partial charge in [-0.25, -0.2) is 0 Å². The zero-order valence-electron chi connectivity index (χ0n) is 11.8. The van der Waals surface area contributed by atoms with Crippen LogP contribution in [0.15, 0.2) is 6.20 Å². The lowest BCUT2D eigenvalue weighted by molar-refractivity contribution is -0.389. The lowest BCUT2D eigenvalue weighted by atomic mass is 9.98. The van der Waals surface area contributed by atoms with Crippen molar-refractivity contribution < 1.29 is 24.2 Å². The molecule has 0 aliphatic carbocycles. The zero-order chi connectivity index (χ0) is 15.2. The summed E-state index contributed by atoms with van der Waals surface area (Å²) in [5.41, 5.74) is 0. The zero-order valence-corrected chi connectivity index (χ0v) is 11.8. The average Bonchev–Trinajstić information content (AvgIpc) is 3.01. The van der Waals surface area contributed by atoms with Crippen LogP contribution in [0.4, 0.5) is 5.82 Å². The Morgan fingerprint density at radius 3 is 3.10 bits per heavy atom. The molecule has 3 heterocycles. The first-order valence-corrected chi connectivity index (χ1v) is 6.78. The minimum atomic E-state index is -1.56. The van der Waals surface area contributed by atoms with E-state index in [4.69, 9.17) is 14.2 Å². The van der Waals surface area contributed by atoms with Gasteiger partial charge in [-0.1, -0.05) is 0 Å². The summed E-state index contributed by atoms with van der Waals surface area (Å²) in [6.45, 7) is 4.05. The van der Waals surface area contributed by atoms with E-state index in [1.165, 1.54) is 6.20 Å². The molecule has 0 spiro atoms. The summed E-state index contributed by atoms with van der Waals surface area (Å²) in [5, 5.41) is 21.4. The van der Waals surface area contributed by atoms with Crippen molar-refractivity contribution in [1.29, 1.82) is 0 Å². The van der Waals surface area contributed by atoms with Crippen molar-refractivity contribution in [2.24, 2.45) is 0 Å². The fraction of sp³-hybridized carbons (Fsp3) is 0.750. The van der Waals surface area contributed by atoms with E-state index in [2.05, 4.69) is 4.98 Å². The standard InChI is InChI=1S/C12H17N3O6/c1-3-20-12(16)4-8(9-6-19-11(12)21-9)14-5-10(15(17)18)13-7(14)2/h5,8-9,11,16H,3-4,6H2,1-2H3/t8-,9-,11+,12+/m1/s1. The molecule has 2 aliphatic heterocycles. The molecular weight excluding hydrogens is 282 g/mol. The third-order valence-electron chi connectivity index (χ3n) is 3.85. The summed E-state index contributed by atoms with van der Waals surface area (Å²) >= 11 is 0. The van der Waals surface area contributed by atoms with Crippen LogP contribution in [0.5, 0.6) is 0 Å². The minimum Gasteiger partial charge on any atom is -0.361 e. The van der Waals surface area contributed by atoms with E-state index in [1.807, 2.05) is 0 Å². The summed E-state index contributed by atoms with van der Waals surface area (Å²) < 4.78 is 18.1. The van der Waals surface area contributed by atoms with Crippen molar-refractivity contribution in [3.63, 3.8) is 0 Å². The van der Waals surface area contributed by atoms with Gasteiger partial charge >= 0.3 is 5.82 Å². The van der Waals surface area contributed by atoms with Crippen molar-refractivity contribution >= 4 is 5.82 Å². The van der Waals surface area contributed by atoms with Gasteiger partial charge in [-0.3, -0.25) is 0 Å². The molecular formula is C12H17N3O6. The molecule has 0 unspecified atom stereocenters. The highest BCUT2D eigenvalue weighted by Crippen LogP contribution is 2.42. The molecule has 1 aromatic rings. The molecule has 2 saturated heterocycles. The van der Waals surface area contributed by atoms with Crippen LogP contribution >= 0.6 is 0 Å². The molecule has 1 N–H and O–H groups in total. The Bertz CT molecular complexity index is 561. The smallest absolute Gasteiger partial charge is 0.361 e. The molecule has 0 saturated carbocycles. The van der Waals surface area contributed by atoms with Crippen LogP contribution in [0.3, 0.4) is 0 Å². The van der Waals surface area contributed by atoms with Crippen molar-refractivity contribution in [2.75, 3.05) is 13.2 Å². The summed E-state index contributed by atoms with van der Waals surface area (Å²) in [6, 6.07) is -0.332. The van der Waals surface area contributed by atoms with Crippen LogP contribution in [-0.4, -0.2) is 51.0 Å². The van der Waals surface area contributed by atoms with Crippen LogP contribution in [0.2, 0.25) is 0 Å². The summed E-state index contributed by atoms with van der Waals surface area (Å²) in [6.07, 6.45) is 0.472. The first-order chi connectivity index (χ1) is 9.94. The Morgan fingerprint density at radius 2 is 2.48 bits per heavy atom. The van der Waals surface area contributed by atoms with E-state index in [0.717, 1.165) is 0 Å². The second-order valence-electron chi connectivity index (χ2n) is 5.20. The lowest BCUT2D eigenvalue weighted by Crippen LogP contribution is -2.52. The number of rotatable bonds is 4. The molecule has 2 aliphatic rings. The molecule has 0 aromatic carbocycles. The number of hydrogen-bond donors (Lipinski definition) is 1. The SMILES string of the molecule is CCO[C@@]1(O)C[C@@H](n2cc([N+](=O)[O-])nc2C)[C@H]2CO[C@H]1O2. The number of imidazole rings is 1.